The van der Waals surface area contributed by atoms with Gasteiger partial charge in [-0.1, -0.05) is 0 Å². The van der Waals surface area contributed by atoms with Gasteiger partial charge < -0.3 is 4.90 Å². The molecule has 7 heteroatoms. The van der Waals surface area contributed by atoms with Gasteiger partial charge in [-0.15, -0.1) is 0 Å². The molecule has 0 spiro atoms. The first-order valence-electron chi connectivity index (χ1n) is 8.60. The maximum absolute atomic E-state index is 12.4. The number of hydrogen-bond acceptors (Lipinski definition) is 5. The number of nitrogens with zero attached hydrogens (tertiary/aromatic N) is 6. The van der Waals surface area contributed by atoms with Crippen molar-refractivity contribution >= 4 is 5.91 Å². The molecule has 1 atom stereocenters. The van der Waals surface area contributed by atoms with Crippen molar-refractivity contribution in [2.24, 2.45) is 7.05 Å². The van der Waals surface area contributed by atoms with E-state index in [1.807, 2.05) is 31.0 Å². The van der Waals surface area contributed by atoms with Gasteiger partial charge in [0.1, 0.15) is 11.5 Å². The predicted octanol–water partition coefficient (Wildman–Crippen LogP) is 1.73. The quantitative estimate of drug-likeness (QED) is 0.846. The Bertz CT molecular complexity index is 784. The summed E-state index contributed by atoms with van der Waals surface area (Å²) < 4.78 is 1.82. The molecule has 0 saturated carbocycles. The van der Waals surface area contributed by atoms with E-state index in [9.17, 15) is 4.79 Å². The summed E-state index contributed by atoms with van der Waals surface area (Å²) in [5.74, 6) is 0.645. The Balaban J connectivity index is 1.94. The monoisotopic (exact) mass is 342 g/mol. The van der Waals surface area contributed by atoms with E-state index in [1.54, 1.807) is 25.1 Å². The second-order valence-electron chi connectivity index (χ2n) is 7.24. The molecule has 1 aliphatic rings. The summed E-state index contributed by atoms with van der Waals surface area (Å²) in [6.45, 7) is 5.88. The first-order chi connectivity index (χ1) is 11.8. The van der Waals surface area contributed by atoms with Crippen molar-refractivity contribution in [2.45, 2.75) is 38.8 Å². The van der Waals surface area contributed by atoms with Crippen LogP contribution in [0, 0.1) is 6.92 Å². The number of carbonyl (C=O) groups excluding carboxylic acids is 1. The topological polar surface area (TPSA) is 67.2 Å². The highest BCUT2D eigenvalue weighted by molar-refractivity contribution is 5.92. The highest BCUT2D eigenvalue weighted by Gasteiger charge is 2.41. The van der Waals surface area contributed by atoms with Crippen molar-refractivity contribution in [3.63, 3.8) is 0 Å². The zero-order valence-corrected chi connectivity index (χ0v) is 15.7. The Morgan fingerprint density at radius 3 is 2.76 bits per heavy atom. The molecule has 0 aromatic carbocycles. The van der Waals surface area contributed by atoms with Crippen LogP contribution < -0.4 is 0 Å². The van der Waals surface area contributed by atoms with Crippen LogP contribution in [0.2, 0.25) is 0 Å². The number of amides is 1. The van der Waals surface area contributed by atoms with E-state index in [1.165, 1.54) is 5.56 Å². The third-order valence-corrected chi connectivity index (χ3v) is 4.88. The van der Waals surface area contributed by atoms with E-state index >= 15 is 0 Å². The van der Waals surface area contributed by atoms with Gasteiger partial charge in [0.2, 0.25) is 0 Å². The fraction of sp³-hybridized carbons (Fsp3) is 0.556. The lowest BCUT2D eigenvalue weighted by molar-refractivity contribution is 0.0818. The molecule has 0 aliphatic carbocycles. The molecule has 0 radical (unpaired) electrons. The van der Waals surface area contributed by atoms with Crippen LogP contribution in [0.4, 0.5) is 0 Å². The highest BCUT2D eigenvalue weighted by atomic mass is 16.2. The minimum atomic E-state index is -0.275. The number of aromatic nitrogens is 4. The maximum Gasteiger partial charge on any atom is 0.272 e. The molecule has 2 aromatic heterocycles. The molecule has 0 N–H and O–H groups in total. The number of hydrogen-bond donors (Lipinski definition) is 0. The van der Waals surface area contributed by atoms with Gasteiger partial charge in [0, 0.05) is 45.1 Å². The molecule has 3 heterocycles. The summed E-state index contributed by atoms with van der Waals surface area (Å²) in [6.07, 6.45) is 6.00. The van der Waals surface area contributed by atoms with E-state index in [4.69, 9.17) is 0 Å². The fourth-order valence-electron chi connectivity index (χ4n) is 3.45. The summed E-state index contributed by atoms with van der Waals surface area (Å²) in [7, 11) is 5.41. The second kappa shape index (κ2) is 6.55. The van der Waals surface area contributed by atoms with Crippen molar-refractivity contribution in [3.05, 3.63) is 41.2 Å². The Morgan fingerprint density at radius 2 is 2.12 bits per heavy atom. The minimum absolute atomic E-state index is 0.0906. The summed E-state index contributed by atoms with van der Waals surface area (Å²) in [4.78, 5) is 25.6. The number of carbonyl (C=O) groups is 1. The zero-order chi connectivity index (χ0) is 18.2. The van der Waals surface area contributed by atoms with E-state index in [2.05, 4.69) is 26.9 Å². The lowest BCUT2D eigenvalue weighted by Crippen LogP contribution is -2.40. The van der Waals surface area contributed by atoms with Gasteiger partial charge in [-0.2, -0.15) is 5.10 Å². The second-order valence-corrected chi connectivity index (χ2v) is 7.24. The smallest absolute Gasteiger partial charge is 0.272 e. The molecular weight excluding hydrogens is 316 g/mol. The van der Waals surface area contributed by atoms with Crippen LogP contribution in [0.1, 0.15) is 47.3 Å². The van der Waals surface area contributed by atoms with Crippen molar-refractivity contribution in [1.82, 2.24) is 29.5 Å². The van der Waals surface area contributed by atoms with E-state index < -0.39 is 0 Å². The third kappa shape index (κ3) is 3.42. The van der Waals surface area contributed by atoms with Gasteiger partial charge in [0.25, 0.3) is 5.91 Å². The fourth-order valence-corrected chi connectivity index (χ4v) is 3.45. The Labute approximate surface area is 148 Å². The first-order valence-corrected chi connectivity index (χ1v) is 8.60. The molecule has 2 aromatic rings. The van der Waals surface area contributed by atoms with Crippen molar-refractivity contribution in [1.29, 1.82) is 0 Å². The highest BCUT2D eigenvalue weighted by Crippen LogP contribution is 2.37. The molecule has 134 valence electrons. The van der Waals surface area contributed by atoms with Crippen molar-refractivity contribution in [2.75, 3.05) is 20.6 Å². The average molecular weight is 342 g/mol. The average Bonchev–Trinajstić information content (AvgIpc) is 3.13. The van der Waals surface area contributed by atoms with Crippen LogP contribution in [0.25, 0.3) is 0 Å². The molecule has 1 fully saturated rings. The van der Waals surface area contributed by atoms with Crippen LogP contribution >= 0.6 is 0 Å². The van der Waals surface area contributed by atoms with Crippen molar-refractivity contribution < 1.29 is 4.79 Å². The molecule has 1 saturated heterocycles. The maximum atomic E-state index is 12.4. The third-order valence-electron chi connectivity index (χ3n) is 4.88. The molecule has 7 nitrogen and oxygen atoms in total. The Hall–Kier alpha value is -2.28. The molecule has 3 rings (SSSR count). The zero-order valence-electron chi connectivity index (χ0n) is 15.7. The van der Waals surface area contributed by atoms with Gasteiger partial charge in [0.05, 0.1) is 11.7 Å². The summed E-state index contributed by atoms with van der Waals surface area (Å²) in [6, 6.07) is 1.76. The Morgan fingerprint density at radius 1 is 1.36 bits per heavy atom. The van der Waals surface area contributed by atoms with Gasteiger partial charge >= 0.3 is 0 Å². The van der Waals surface area contributed by atoms with Crippen LogP contribution in [-0.4, -0.2) is 56.1 Å². The number of aryl methyl sites for hydroxylation is 2. The van der Waals surface area contributed by atoms with Crippen molar-refractivity contribution in [3.8, 4) is 0 Å². The lowest BCUT2D eigenvalue weighted by atomic mass is 9.97. The SMILES string of the molecule is Cc1cc(C(=O)N(C)C)nc(C2(C)CCCN2Cc2cnn(C)c2)n1. The van der Waals surface area contributed by atoms with Crippen LogP contribution in [0.5, 0.6) is 0 Å². The molecule has 1 unspecified atom stereocenters. The number of rotatable bonds is 4. The molecular formula is C18H26N6O. The van der Waals surface area contributed by atoms with Gasteiger partial charge in [-0.3, -0.25) is 14.4 Å². The standard InChI is InChI=1S/C18H26N6O/c1-13-9-15(16(25)22(3)4)21-17(20-13)18(2)7-6-8-24(18)12-14-10-19-23(5)11-14/h9-11H,6-8,12H2,1-5H3. The molecule has 1 aliphatic heterocycles. The van der Waals surface area contributed by atoms with Crippen LogP contribution in [-0.2, 0) is 19.1 Å². The van der Waals surface area contributed by atoms with Gasteiger partial charge in [0.15, 0.2) is 0 Å². The predicted molar refractivity (Wildman–Crippen MR) is 95.0 cm³/mol. The van der Waals surface area contributed by atoms with E-state index in [0.29, 0.717) is 5.69 Å². The lowest BCUT2D eigenvalue weighted by Gasteiger charge is -2.34. The van der Waals surface area contributed by atoms with Gasteiger partial charge in [-0.05, 0) is 39.3 Å². The van der Waals surface area contributed by atoms with Crippen LogP contribution in [0.3, 0.4) is 0 Å². The van der Waals surface area contributed by atoms with Crippen LogP contribution in [0.15, 0.2) is 18.5 Å². The summed E-state index contributed by atoms with van der Waals surface area (Å²) in [5, 5.41) is 4.26. The van der Waals surface area contributed by atoms with E-state index in [-0.39, 0.29) is 11.4 Å². The largest absolute Gasteiger partial charge is 0.343 e. The Kier molecular flexibility index (Phi) is 4.60. The normalized spacial score (nSPS) is 20.8. The molecule has 0 bridgehead atoms. The summed E-state index contributed by atoms with van der Waals surface area (Å²) in [5.41, 5.74) is 2.18. The van der Waals surface area contributed by atoms with E-state index in [0.717, 1.165) is 37.4 Å². The summed E-state index contributed by atoms with van der Waals surface area (Å²) >= 11 is 0. The van der Waals surface area contributed by atoms with Gasteiger partial charge in [-0.25, -0.2) is 9.97 Å². The molecule has 1 amide bonds. The minimum Gasteiger partial charge on any atom is -0.343 e. The number of likely N-dealkylation sites (tertiary alicyclic amines) is 1. The first kappa shape index (κ1) is 17.5. The molecule has 25 heavy (non-hydrogen) atoms.